The van der Waals surface area contributed by atoms with Gasteiger partial charge in [0.25, 0.3) is 5.91 Å². The maximum atomic E-state index is 12.8. The van der Waals surface area contributed by atoms with Gasteiger partial charge in [-0.25, -0.2) is 8.42 Å². The van der Waals surface area contributed by atoms with Gasteiger partial charge in [0, 0.05) is 24.7 Å². The van der Waals surface area contributed by atoms with Gasteiger partial charge < -0.3 is 14.8 Å². The van der Waals surface area contributed by atoms with Gasteiger partial charge in [0.05, 0.1) is 24.1 Å². The van der Waals surface area contributed by atoms with Crippen LogP contribution in [0.3, 0.4) is 0 Å². The van der Waals surface area contributed by atoms with Crippen LogP contribution in [0.4, 0.5) is 0 Å². The summed E-state index contributed by atoms with van der Waals surface area (Å²) in [5.41, 5.74) is 1.67. The molecule has 3 heterocycles. The summed E-state index contributed by atoms with van der Waals surface area (Å²) in [6, 6.07) is 16.9. The number of amides is 1. The summed E-state index contributed by atoms with van der Waals surface area (Å²) in [4.78, 5) is 12.7. The molecule has 2 aromatic carbocycles. The maximum absolute atomic E-state index is 12.8. The Morgan fingerprint density at radius 3 is 2.50 bits per heavy atom. The summed E-state index contributed by atoms with van der Waals surface area (Å²) in [7, 11) is -1.95. The van der Waals surface area contributed by atoms with Crippen molar-refractivity contribution in [3.63, 3.8) is 0 Å². The van der Waals surface area contributed by atoms with Gasteiger partial charge >= 0.3 is 0 Å². The number of ether oxygens (including phenoxy) is 2. The van der Waals surface area contributed by atoms with Crippen LogP contribution < -0.4 is 14.8 Å². The second-order valence-electron chi connectivity index (χ2n) is 8.76. The Hall–Kier alpha value is -4.03. The van der Waals surface area contributed by atoms with Crippen molar-refractivity contribution in [3.05, 3.63) is 66.2 Å². The van der Waals surface area contributed by atoms with Crippen LogP contribution in [-0.4, -0.2) is 71.8 Å². The van der Waals surface area contributed by atoms with E-state index in [9.17, 15) is 13.2 Å². The number of nitrogens with zero attached hydrogens (tertiary/aromatic N) is 5. The predicted molar refractivity (Wildman–Crippen MR) is 140 cm³/mol. The summed E-state index contributed by atoms with van der Waals surface area (Å²) in [5.74, 6) is 1.18. The molecule has 1 aliphatic rings. The molecule has 1 aliphatic heterocycles. The molecule has 1 fully saturated rings. The fourth-order valence-electron chi connectivity index (χ4n) is 4.30. The Morgan fingerprint density at radius 1 is 0.974 bits per heavy atom. The number of piperidine rings is 1. The zero-order chi connectivity index (χ0) is 26.5. The highest BCUT2D eigenvalue weighted by Gasteiger charge is 2.26. The van der Waals surface area contributed by atoms with Crippen molar-refractivity contribution in [2.24, 2.45) is 0 Å². The van der Waals surface area contributed by atoms with E-state index in [0.717, 1.165) is 24.8 Å². The summed E-state index contributed by atoms with van der Waals surface area (Å²) in [6.45, 7) is 1.47. The molecule has 0 unspecified atom stereocenters. The predicted octanol–water partition coefficient (Wildman–Crippen LogP) is 2.78. The zero-order valence-corrected chi connectivity index (χ0v) is 21.7. The van der Waals surface area contributed by atoms with Gasteiger partial charge in [-0.2, -0.15) is 8.82 Å². The molecule has 0 spiro atoms. The molecule has 1 amide bonds. The minimum absolute atomic E-state index is 0.178. The summed E-state index contributed by atoms with van der Waals surface area (Å²) in [5, 5.41) is 15.6. The van der Waals surface area contributed by atoms with Crippen molar-refractivity contribution in [1.82, 2.24) is 29.4 Å². The number of carbonyl (C=O) groups excluding carboxylic acids is 1. The molecule has 0 bridgehead atoms. The van der Waals surface area contributed by atoms with Crippen molar-refractivity contribution in [3.8, 4) is 23.0 Å². The Labute approximate surface area is 220 Å². The third-order valence-electron chi connectivity index (χ3n) is 6.29. The number of para-hydroxylation sites is 1. The van der Waals surface area contributed by atoms with E-state index in [1.165, 1.54) is 28.6 Å². The largest absolute Gasteiger partial charge is 0.496 e. The van der Waals surface area contributed by atoms with Crippen LogP contribution in [0.1, 0.15) is 29.6 Å². The van der Waals surface area contributed by atoms with Crippen LogP contribution in [0.15, 0.2) is 65.6 Å². The lowest BCUT2D eigenvalue weighted by atomic mass is 10.2. The number of fused-ring (bicyclic) bond motifs is 1. The lowest BCUT2D eigenvalue weighted by molar-refractivity contribution is 0.0946. The molecular formula is C26H28N6O5S. The zero-order valence-electron chi connectivity index (χ0n) is 20.9. The molecule has 0 saturated carbocycles. The van der Waals surface area contributed by atoms with E-state index in [1.807, 2.05) is 24.3 Å². The van der Waals surface area contributed by atoms with Crippen molar-refractivity contribution in [1.29, 1.82) is 0 Å². The average Bonchev–Trinajstić information content (AvgIpc) is 3.39. The van der Waals surface area contributed by atoms with Crippen molar-refractivity contribution < 1.29 is 22.7 Å². The van der Waals surface area contributed by atoms with E-state index in [2.05, 4.69) is 20.6 Å². The number of rotatable bonds is 9. The number of hydrogen-bond donors (Lipinski definition) is 1. The van der Waals surface area contributed by atoms with Crippen LogP contribution in [0.2, 0.25) is 0 Å². The van der Waals surface area contributed by atoms with E-state index in [0.29, 0.717) is 41.8 Å². The standard InChI is InChI=1S/C26H28N6O5S/c1-36-22-8-4-3-7-21(22)25-29-28-23-13-14-24(30-32(23)25)37-18-15-27-26(33)19-9-11-20(12-10-19)38(34,35)31-16-5-2-6-17-31/h3-4,7-14H,2,5-6,15-18H2,1H3,(H,27,33). The highest BCUT2D eigenvalue weighted by Crippen LogP contribution is 2.28. The van der Waals surface area contributed by atoms with Crippen molar-refractivity contribution >= 4 is 21.6 Å². The van der Waals surface area contributed by atoms with Gasteiger partial charge in [-0.3, -0.25) is 4.79 Å². The maximum Gasteiger partial charge on any atom is 0.251 e. The Morgan fingerprint density at radius 2 is 1.74 bits per heavy atom. The number of aromatic nitrogens is 4. The molecule has 12 heteroatoms. The van der Waals surface area contributed by atoms with Gasteiger partial charge in [-0.1, -0.05) is 18.6 Å². The monoisotopic (exact) mass is 536 g/mol. The van der Waals surface area contributed by atoms with Gasteiger partial charge in [-0.15, -0.1) is 15.3 Å². The Balaban J connectivity index is 1.18. The van der Waals surface area contributed by atoms with E-state index in [1.54, 1.807) is 23.8 Å². The normalized spacial score (nSPS) is 14.3. The van der Waals surface area contributed by atoms with E-state index in [-0.39, 0.29) is 24.0 Å². The van der Waals surface area contributed by atoms with E-state index in [4.69, 9.17) is 9.47 Å². The molecule has 0 aliphatic carbocycles. The molecule has 198 valence electrons. The van der Waals surface area contributed by atoms with Crippen LogP contribution in [0.5, 0.6) is 11.6 Å². The second-order valence-corrected chi connectivity index (χ2v) is 10.7. The van der Waals surface area contributed by atoms with Crippen LogP contribution in [0, 0.1) is 0 Å². The molecule has 11 nitrogen and oxygen atoms in total. The minimum atomic E-state index is -3.54. The third kappa shape index (κ3) is 5.31. The number of carbonyl (C=O) groups is 1. The number of methoxy groups -OCH3 is 1. The highest BCUT2D eigenvalue weighted by atomic mass is 32.2. The third-order valence-corrected chi connectivity index (χ3v) is 8.21. The van der Waals surface area contributed by atoms with Gasteiger partial charge in [0.2, 0.25) is 15.9 Å². The summed E-state index contributed by atoms with van der Waals surface area (Å²) >= 11 is 0. The topological polar surface area (TPSA) is 128 Å². The van der Waals surface area contributed by atoms with Crippen molar-refractivity contribution in [2.75, 3.05) is 33.4 Å². The molecular weight excluding hydrogens is 508 g/mol. The lowest BCUT2D eigenvalue weighted by Gasteiger charge is -2.25. The number of benzene rings is 2. The number of hydrogen-bond acceptors (Lipinski definition) is 8. The molecule has 0 radical (unpaired) electrons. The van der Waals surface area contributed by atoms with E-state index < -0.39 is 10.0 Å². The number of sulfonamides is 1. The first-order valence-corrected chi connectivity index (χ1v) is 13.8. The fraction of sp³-hybridized carbons (Fsp3) is 0.308. The Bertz CT molecular complexity index is 1530. The summed E-state index contributed by atoms with van der Waals surface area (Å²) < 4.78 is 39.8. The lowest BCUT2D eigenvalue weighted by Crippen LogP contribution is -2.35. The molecule has 2 aromatic heterocycles. The summed E-state index contributed by atoms with van der Waals surface area (Å²) in [6.07, 6.45) is 2.78. The number of nitrogens with one attached hydrogen (secondary N) is 1. The van der Waals surface area contributed by atoms with Gasteiger partial charge in [0.1, 0.15) is 12.4 Å². The Kier molecular flexibility index (Phi) is 7.52. The molecule has 1 N–H and O–H groups in total. The van der Waals surface area contributed by atoms with Crippen LogP contribution in [0.25, 0.3) is 17.0 Å². The van der Waals surface area contributed by atoms with Crippen molar-refractivity contribution in [2.45, 2.75) is 24.2 Å². The average molecular weight is 537 g/mol. The molecule has 38 heavy (non-hydrogen) atoms. The SMILES string of the molecule is COc1ccccc1-c1nnc2ccc(OCCNC(=O)c3ccc(S(=O)(=O)N4CCCCC4)cc3)nn12. The van der Waals surface area contributed by atoms with Crippen LogP contribution in [-0.2, 0) is 10.0 Å². The first kappa shape index (κ1) is 25.6. The molecule has 1 saturated heterocycles. The highest BCUT2D eigenvalue weighted by molar-refractivity contribution is 7.89. The fourth-order valence-corrected chi connectivity index (χ4v) is 5.82. The second kappa shape index (κ2) is 11.2. The molecule has 5 rings (SSSR count). The molecule has 0 atom stereocenters. The first-order valence-electron chi connectivity index (χ1n) is 12.3. The minimum Gasteiger partial charge on any atom is -0.496 e. The smallest absolute Gasteiger partial charge is 0.251 e. The van der Waals surface area contributed by atoms with Crippen LogP contribution >= 0.6 is 0 Å². The van der Waals surface area contributed by atoms with E-state index >= 15 is 0 Å². The van der Waals surface area contributed by atoms with Gasteiger partial charge in [0.15, 0.2) is 11.5 Å². The van der Waals surface area contributed by atoms with Gasteiger partial charge in [-0.05, 0) is 55.3 Å². The first-order chi connectivity index (χ1) is 18.5. The quantitative estimate of drug-likeness (QED) is 0.324. The molecule has 4 aromatic rings.